The van der Waals surface area contributed by atoms with Gasteiger partial charge in [0, 0.05) is 31.2 Å². The fourth-order valence-corrected chi connectivity index (χ4v) is 2.68. The van der Waals surface area contributed by atoms with Crippen LogP contribution in [0.1, 0.15) is 5.56 Å². The molecule has 0 bridgehead atoms. The molecule has 1 aromatic heterocycles. The number of hydrogen-bond donors (Lipinski definition) is 2. The fraction of sp³-hybridized carbons (Fsp3) is 0.273. The minimum Gasteiger partial charge on any atom is -0.487 e. The van der Waals surface area contributed by atoms with Gasteiger partial charge in [0.15, 0.2) is 17.3 Å². The third kappa shape index (κ3) is 6.62. The summed E-state index contributed by atoms with van der Waals surface area (Å²) < 4.78 is 21.8. The largest absolute Gasteiger partial charge is 0.487 e. The van der Waals surface area contributed by atoms with Crippen molar-refractivity contribution in [1.29, 1.82) is 0 Å². The average molecular weight is 445 g/mol. The summed E-state index contributed by atoms with van der Waals surface area (Å²) in [7, 11) is 3.24. The van der Waals surface area contributed by atoms with E-state index in [4.69, 9.17) is 25.4 Å². The molecule has 0 aliphatic rings. The van der Waals surface area contributed by atoms with Gasteiger partial charge in [0.1, 0.15) is 19.5 Å². The molecule has 0 radical (unpaired) electrons. The molecule has 0 aliphatic heterocycles. The van der Waals surface area contributed by atoms with Gasteiger partial charge >= 0.3 is 0 Å². The lowest BCUT2D eigenvalue weighted by molar-refractivity contribution is 0.132. The van der Waals surface area contributed by atoms with Gasteiger partial charge < -0.3 is 18.9 Å². The zero-order valence-electron chi connectivity index (χ0n) is 17.4. The van der Waals surface area contributed by atoms with Crippen LogP contribution in [0.2, 0.25) is 0 Å². The van der Waals surface area contributed by atoms with E-state index in [0.717, 1.165) is 16.6 Å². The van der Waals surface area contributed by atoms with Crippen LogP contribution in [-0.2, 0) is 9.47 Å². The summed E-state index contributed by atoms with van der Waals surface area (Å²) in [6.45, 7) is 1.70. The van der Waals surface area contributed by atoms with Crippen molar-refractivity contribution in [3.05, 3.63) is 48.3 Å². The van der Waals surface area contributed by atoms with Gasteiger partial charge in [-0.3, -0.25) is 10.9 Å². The highest BCUT2D eigenvalue weighted by Crippen LogP contribution is 2.34. The predicted molar refractivity (Wildman–Crippen MR) is 123 cm³/mol. The van der Waals surface area contributed by atoms with Crippen LogP contribution in [0.4, 0.5) is 11.5 Å². The normalized spacial score (nSPS) is 10.1. The van der Waals surface area contributed by atoms with E-state index in [-0.39, 0.29) is 12.4 Å². The molecule has 0 aliphatic carbocycles. The predicted octanol–water partition coefficient (Wildman–Crippen LogP) is 3.52. The van der Waals surface area contributed by atoms with Gasteiger partial charge in [-0.25, -0.2) is 9.97 Å². The van der Waals surface area contributed by atoms with Gasteiger partial charge in [0.25, 0.3) is 0 Å². The van der Waals surface area contributed by atoms with E-state index in [1.54, 1.807) is 14.2 Å². The number of hydrogen-bond acceptors (Lipinski definition) is 8. The van der Waals surface area contributed by atoms with Crippen LogP contribution in [-0.4, -0.2) is 50.6 Å². The maximum absolute atomic E-state index is 5.85. The maximum atomic E-state index is 5.85. The highest BCUT2D eigenvalue weighted by atomic mass is 35.5. The van der Waals surface area contributed by atoms with Gasteiger partial charge in [-0.2, -0.15) is 0 Å². The minimum absolute atomic E-state index is 0. The van der Waals surface area contributed by atoms with Gasteiger partial charge in [0.2, 0.25) is 0 Å². The number of anilines is 2. The Morgan fingerprint density at radius 3 is 2.29 bits per heavy atom. The maximum Gasteiger partial charge on any atom is 0.163 e. The average Bonchev–Trinajstić information content (AvgIpc) is 2.78. The molecule has 0 saturated heterocycles. The molecule has 31 heavy (non-hydrogen) atoms. The summed E-state index contributed by atoms with van der Waals surface area (Å²) in [6.07, 6.45) is 6.94. The summed E-state index contributed by atoms with van der Waals surface area (Å²) in [5.74, 6) is 4.35. The molecule has 0 saturated carbocycles. The number of nitrogens with one attached hydrogen (secondary N) is 2. The molecule has 0 unspecified atom stereocenters. The van der Waals surface area contributed by atoms with Crippen molar-refractivity contribution in [1.82, 2.24) is 9.97 Å². The first-order valence-electron chi connectivity index (χ1n) is 9.36. The van der Waals surface area contributed by atoms with Crippen LogP contribution < -0.4 is 20.3 Å². The number of aromatic nitrogens is 2. The molecule has 3 rings (SSSR count). The van der Waals surface area contributed by atoms with E-state index < -0.39 is 0 Å². The number of methoxy groups -OCH3 is 2. The number of hydrazine groups is 1. The van der Waals surface area contributed by atoms with Crippen molar-refractivity contribution in [3.8, 4) is 23.8 Å². The summed E-state index contributed by atoms with van der Waals surface area (Å²) in [5, 5.41) is 0.768. The Morgan fingerprint density at radius 2 is 1.61 bits per heavy atom. The smallest absolute Gasteiger partial charge is 0.163 e. The summed E-state index contributed by atoms with van der Waals surface area (Å²) in [4.78, 5) is 8.69. The van der Waals surface area contributed by atoms with Gasteiger partial charge in [-0.1, -0.05) is 12.0 Å². The minimum atomic E-state index is 0. The van der Waals surface area contributed by atoms with Crippen LogP contribution in [0, 0.1) is 12.3 Å². The second-order valence-electron chi connectivity index (χ2n) is 6.20. The first kappa shape index (κ1) is 24.0. The third-order valence-electron chi connectivity index (χ3n) is 4.15. The van der Waals surface area contributed by atoms with Crippen LogP contribution >= 0.6 is 12.4 Å². The second-order valence-corrected chi connectivity index (χ2v) is 6.20. The zero-order chi connectivity index (χ0) is 21.2. The molecule has 0 spiro atoms. The Kier molecular flexibility index (Phi) is 9.65. The summed E-state index contributed by atoms with van der Waals surface area (Å²) in [5.41, 5.74) is 8.52. The molecule has 1 heterocycles. The number of halogens is 1. The summed E-state index contributed by atoms with van der Waals surface area (Å²) >= 11 is 0. The molecule has 2 N–H and O–H groups in total. The van der Waals surface area contributed by atoms with E-state index in [1.165, 1.54) is 6.33 Å². The van der Waals surface area contributed by atoms with Crippen LogP contribution in [0.3, 0.4) is 0 Å². The topological polar surface area (TPSA) is 86.8 Å². The third-order valence-corrected chi connectivity index (χ3v) is 4.15. The van der Waals surface area contributed by atoms with E-state index >= 15 is 0 Å². The Morgan fingerprint density at radius 1 is 0.903 bits per heavy atom. The standard InChI is InChI=1S/C22H24N4O4.ClH/c1-4-16-6-5-7-17(12-16)25-26-22-18-13-20(29-10-8-27-2)21(30-11-9-28-3)14-19(18)23-15-24-22;/h1,5-7,12-15,25H,8-11H2,2-3H3,(H,23,24,26);1H. The van der Waals surface area contributed by atoms with Crippen molar-refractivity contribution in [2.75, 3.05) is 51.5 Å². The molecule has 0 fully saturated rings. The zero-order valence-corrected chi connectivity index (χ0v) is 18.2. The molecule has 9 heteroatoms. The van der Waals surface area contributed by atoms with E-state index in [2.05, 4.69) is 26.7 Å². The van der Waals surface area contributed by atoms with Gasteiger partial charge in [0.05, 0.1) is 24.4 Å². The van der Waals surface area contributed by atoms with E-state index in [0.29, 0.717) is 49.3 Å². The number of terminal acetylenes is 1. The Labute approximate surface area is 187 Å². The summed E-state index contributed by atoms with van der Waals surface area (Å²) in [6, 6.07) is 11.2. The van der Waals surface area contributed by atoms with Crippen LogP contribution in [0.15, 0.2) is 42.7 Å². The van der Waals surface area contributed by atoms with Gasteiger partial charge in [-0.15, -0.1) is 18.8 Å². The quantitative estimate of drug-likeness (QED) is 0.264. The molecule has 0 atom stereocenters. The van der Waals surface area contributed by atoms with Crippen LogP contribution in [0.25, 0.3) is 10.9 Å². The lowest BCUT2D eigenvalue weighted by Crippen LogP contribution is -2.11. The first-order chi connectivity index (χ1) is 14.7. The van der Waals surface area contributed by atoms with Crippen molar-refractivity contribution in [2.24, 2.45) is 0 Å². The Bertz CT molecular complexity index is 1030. The van der Waals surface area contributed by atoms with Crippen molar-refractivity contribution in [2.45, 2.75) is 0 Å². The Hall–Kier alpha value is -3.25. The van der Waals surface area contributed by atoms with E-state index in [1.807, 2.05) is 36.4 Å². The van der Waals surface area contributed by atoms with E-state index in [9.17, 15) is 0 Å². The molecular formula is C22H25ClN4O4. The Balaban J connectivity index is 0.00000341. The molecular weight excluding hydrogens is 420 g/mol. The number of ether oxygens (including phenoxy) is 4. The molecule has 2 aromatic carbocycles. The number of nitrogens with zero attached hydrogens (tertiary/aromatic N) is 2. The van der Waals surface area contributed by atoms with Gasteiger partial charge in [-0.05, 0) is 24.3 Å². The molecule has 3 aromatic rings. The lowest BCUT2D eigenvalue weighted by atomic mass is 10.2. The monoisotopic (exact) mass is 444 g/mol. The lowest BCUT2D eigenvalue weighted by Gasteiger charge is -2.15. The highest BCUT2D eigenvalue weighted by Gasteiger charge is 2.12. The molecule has 8 nitrogen and oxygen atoms in total. The van der Waals surface area contributed by atoms with Crippen LogP contribution in [0.5, 0.6) is 11.5 Å². The first-order valence-corrected chi connectivity index (χ1v) is 9.36. The molecule has 0 amide bonds. The number of rotatable bonds is 11. The van der Waals surface area contributed by atoms with Crippen molar-refractivity contribution in [3.63, 3.8) is 0 Å². The number of benzene rings is 2. The van der Waals surface area contributed by atoms with Crippen molar-refractivity contribution >= 4 is 34.8 Å². The second kappa shape index (κ2) is 12.4. The number of fused-ring (bicyclic) bond motifs is 1. The fourth-order valence-electron chi connectivity index (χ4n) is 2.68. The van der Waals surface area contributed by atoms with Crippen molar-refractivity contribution < 1.29 is 18.9 Å². The molecule has 164 valence electrons. The highest BCUT2D eigenvalue weighted by molar-refractivity contribution is 5.92. The SMILES string of the molecule is C#Cc1cccc(NNc2ncnc3cc(OCCOC)c(OCCOC)cc23)c1.Cl.